The molecule has 1 saturated heterocycles. The summed E-state index contributed by atoms with van der Waals surface area (Å²) in [6.07, 6.45) is -5.92. The van der Waals surface area contributed by atoms with Crippen LogP contribution in [0.3, 0.4) is 0 Å². The molecule has 1 heterocycles. The van der Waals surface area contributed by atoms with E-state index in [1.165, 1.54) is 13.8 Å². The lowest BCUT2D eigenvalue weighted by atomic mass is 9.98. The lowest BCUT2D eigenvalue weighted by Crippen LogP contribution is -2.62. The third-order valence-electron chi connectivity index (χ3n) is 4.21. The Bertz CT molecular complexity index is 778. The second-order valence-corrected chi connectivity index (χ2v) is 6.86. The van der Waals surface area contributed by atoms with E-state index < -0.39 is 54.6 Å². The maximum Gasteiger partial charge on any atom is 0.303 e. The molecule has 0 radical (unpaired) electrons. The summed E-state index contributed by atoms with van der Waals surface area (Å²) in [5.74, 6) is -2.66. The fourth-order valence-electron chi connectivity index (χ4n) is 3.08. The van der Waals surface area contributed by atoms with Crippen LogP contribution >= 0.6 is 0 Å². The average molecular weight is 438 g/mol. The Morgan fingerprint density at radius 2 is 1.32 bits per heavy atom. The quantitative estimate of drug-likeness (QED) is 0.433. The highest BCUT2D eigenvalue weighted by Gasteiger charge is 2.52. The van der Waals surface area contributed by atoms with Gasteiger partial charge in [-0.2, -0.15) is 0 Å². The number of rotatable bonds is 8. The zero-order chi connectivity index (χ0) is 23.0. The third kappa shape index (κ3) is 7.65. The normalized spacial score (nSPS) is 25.2. The minimum absolute atomic E-state index is 0.0918. The van der Waals surface area contributed by atoms with Crippen LogP contribution < -0.4 is 0 Å². The SMILES string of the molecule is CC(=O)OC[C@H]1O[C@@H](OCc2ccccc2)[C@H](OC(C)=O)[C@@H](OC(C)=O)[C@@H]1OC(C)=O. The van der Waals surface area contributed by atoms with Gasteiger partial charge in [0, 0.05) is 27.7 Å². The smallest absolute Gasteiger partial charge is 0.303 e. The molecule has 0 aliphatic carbocycles. The monoisotopic (exact) mass is 438 g/mol. The first kappa shape index (κ1) is 24.3. The molecule has 1 aliphatic rings. The first-order chi connectivity index (χ1) is 14.7. The molecule has 10 nitrogen and oxygen atoms in total. The highest BCUT2D eigenvalue weighted by Crippen LogP contribution is 2.30. The topological polar surface area (TPSA) is 124 Å². The second kappa shape index (κ2) is 11.4. The van der Waals surface area contributed by atoms with E-state index in [1.807, 2.05) is 30.3 Å². The second-order valence-electron chi connectivity index (χ2n) is 6.86. The molecular weight excluding hydrogens is 412 g/mol. The van der Waals surface area contributed by atoms with Crippen LogP contribution in [0.4, 0.5) is 0 Å². The lowest BCUT2D eigenvalue weighted by Gasteiger charge is -2.44. The van der Waals surface area contributed by atoms with E-state index >= 15 is 0 Å². The maximum absolute atomic E-state index is 11.8. The van der Waals surface area contributed by atoms with Crippen LogP contribution in [-0.4, -0.2) is 61.2 Å². The van der Waals surface area contributed by atoms with Gasteiger partial charge in [-0.3, -0.25) is 19.2 Å². The van der Waals surface area contributed by atoms with E-state index in [2.05, 4.69) is 0 Å². The molecule has 1 fully saturated rings. The summed E-state index contributed by atoms with van der Waals surface area (Å²) in [4.78, 5) is 46.5. The molecule has 0 unspecified atom stereocenters. The molecule has 0 aromatic heterocycles. The van der Waals surface area contributed by atoms with Gasteiger partial charge in [0.25, 0.3) is 0 Å². The standard InChI is InChI=1S/C21H26O10/c1-12(22)26-11-17-18(28-13(2)23)19(29-14(3)24)20(30-15(4)25)21(31-17)27-10-16-8-6-5-7-9-16/h5-9,17-21H,10-11H2,1-4H3/t17-,18-,19+,20-,21-/m1/s1. The molecule has 5 atom stereocenters. The first-order valence-electron chi connectivity index (χ1n) is 9.63. The summed E-state index contributed by atoms with van der Waals surface area (Å²) in [5, 5.41) is 0. The molecule has 0 saturated carbocycles. The van der Waals surface area contributed by atoms with Gasteiger partial charge in [-0.25, -0.2) is 0 Å². The highest BCUT2D eigenvalue weighted by molar-refractivity contribution is 5.68. The molecule has 2 rings (SSSR count). The van der Waals surface area contributed by atoms with Gasteiger partial charge in [-0.05, 0) is 5.56 Å². The summed E-state index contributed by atoms with van der Waals surface area (Å²) < 4.78 is 32.6. The van der Waals surface area contributed by atoms with Crippen LogP contribution in [0.25, 0.3) is 0 Å². The van der Waals surface area contributed by atoms with Crippen molar-refractivity contribution in [1.29, 1.82) is 0 Å². The molecule has 1 aromatic carbocycles. The summed E-state index contributed by atoms with van der Waals surface area (Å²) in [5.41, 5.74) is 0.815. The van der Waals surface area contributed by atoms with Crippen molar-refractivity contribution in [1.82, 2.24) is 0 Å². The van der Waals surface area contributed by atoms with E-state index in [0.29, 0.717) is 0 Å². The van der Waals surface area contributed by atoms with Gasteiger partial charge in [-0.15, -0.1) is 0 Å². The summed E-state index contributed by atoms with van der Waals surface area (Å²) in [6, 6.07) is 9.14. The number of esters is 4. The minimum atomic E-state index is -1.25. The van der Waals surface area contributed by atoms with Gasteiger partial charge in [0.1, 0.15) is 12.7 Å². The third-order valence-corrected chi connectivity index (χ3v) is 4.21. The van der Waals surface area contributed by atoms with Crippen molar-refractivity contribution in [2.45, 2.75) is 65.0 Å². The molecule has 0 N–H and O–H groups in total. The van der Waals surface area contributed by atoms with Crippen LogP contribution in [0.15, 0.2) is 30.3 Å². The van der Waals surface area contributed by atoms with Crippen LogP contribution in [0, 0.1) is 0 Å². The minimum Gasteiger partial charge on any atom is -0.463 e. The van der Waals surface area contributed by atoms with Crippen molar-refractivity contribution in [3.8, 4) is 0 Å². The number of carbonyl (C=O) groups is 4. The van der Waals surface area contributed by atoms with Gasteiger partial charge in [0.05, 0.1) is 6.61 Å². The predicted molar refractivity (Wildman–Crippen MR) is 103 cm³/mol. The first-order valence-corrected chi connectivity index (χ1v) is 9.63. The zero-order valence-electron chi connectivity index (χ0n) is 17.8. The van der Waals surface area contributed by atoms with E-state index in [-0.39, 0.29) is 13.2 Å². The molecule has 0 bridgehead atoms. The molecule has 170 valence electrons. The number of ether oxygens (including phenoxy) is 6. The molecule has 1 aromatic rings. The van der Waals surface area contributed by atoms with Crippen LogP contribution in [-0.2, 0) is 54.2 Å². The van der Waals surface area contributed by atoms with Crippen molar-refractivity contribution in [3.63, 3.8) is 0 Å². The van der Waals surface area contributed by atoms with Crippen LogP contribution in [0.1, 0.15) is 33.3 Å². The van der Waals surface area contributed by atoms with E-state index in [9.17, 15) is 19.2 Å². The van der Waals surface area contributed by atoms with Crippen molar-refractivity contribution in [2.24, 2.45) is 0 Å². The van der Waals surface area contributed by atoms with Crippen molar-refractivity contribution in [2.75, 3.05) is 6.61 Å². The molecule has 0 amide bonds. The van der Waals surface area contributed by atoms with Crippen LogP contribution in [0.5, 0.6) is 0 Å². The largest absolute Gasteiger partial charge is 0.463 e. The van der Waals surface area contributed by atoms with Crippen LogP contribution in [0.2, 0.25) is 0 Å². The van der Waals surface area contributed by atoms with Gasteiger partial charge in [-0.1, -0.05) is 30.3 Å². The zero-order valence-corrected chi connectivity index (χ0v) is 17.8. The van der Waals surface area contributed by atoms with E-state index in [0.717, 1.165) is 19.4 Å². The van der Waals surface area contributed by atoms with Crippen molar-refractivity contribution >= 4 is 23.9 Å². The highest BCUT2D eigenvalue weighted by atomic mass is 16.7. The average Bonchev–Trinajstić information content (AvgIpc) is 2.68. The van der Waals surface area contributed by atoms with Gasteiger partial charge < -0.3 is 28.4 Å². The number of hydrogen-bond acceptors (Lipinski definition) is 10. The van der Waals surface area contributed by atoms with Gasteiger partial charge in [0.15, 0.2) is 24.6 Å². The molecule has 0 spiro atoms. The summed E-state index contributed by atoms with van der Waals surface area (Å²) in [7, 11) is 0. The van der Waals surface area contributed by atoms with Gasteiger partial charge in [0.2, 0.25) is 0 Å². The lowest BCUT2D eigenvalue weighted by molar-refractivity contribution is -0.310. The molecule has 10 heteroatoms. The Hall–Kier alpha value is -2.98. The van der Waals surface area contributed by atoms with Crippen molar-refractivity contribution in [3.05, 3.63) is 35.9 Å². The Morgan fingerprint density at radius 3 is 1.87 bits per heavy atom. The summed E-state index contributed by atoms with van der Waals surface area (Å²) in [6.45, 7) is 4.49. The fraction of sp³-hybridized carbons (Fsp3) is 0.524. The Labute approximate surface area is 179 Å². The van der Waals surface area contributed by atoms with E-state index in [4.69, 9.17) is 28.4 Å². The fourth-order valence-corrected chi connectivity index (χ4v) is 3.08. The number of hydrogen-bond donors (Lipinski definition) is 0. The van der Waals surface area contributed by atoms with Crippen molar-refractivity contribution < 1.29 is 47.6 Å². The Kier molecular flexibility index (Phi) is 8.95. The Morgan fingerprint density at radius 1 is 0.774 bits per heavy atom. The Balaban J connectivity index is 2.35. The maximum atomic E-state index is 11.8. The molecule has 31 heavy (non-hydrogen) atoms. The number of benzene rings is 1. The molecular formula is C21H26O10. The number of carbonyl (C=O) groups excluding carboxylic acids is 4. The van der Waals surface area contributed by atoms with E-state index in [1.54, 1.807) is 0 Å². The predicted octanol–water partition coefficient (Wildman–Crippen LogP) is 1.29. The molecule has 1 aliphatic heterocycles. The van der Waals surface area contributed by atoms with Gasteiger partial charge >= 0.3 is 23.9 Å². The summed E-state index contributed by atoms with van der Waals surface area (Å²) >= 11 is 0.